The smallest absolute Gasteiger partial charge is 0.261 e. The van der Waals surface area contributed by atoms with Gasteiger partial charge in [0, 0.05) is 18.0 Å². The van der Waals surface area contributed by atoms with Crippen molar-refractivity contribution in [3.05, 3.63) is 64.1 Å². The van der Waals surface area contributed by atoms with Gasteiger partial charge in [0.2, 0.25) is 0 Å². The van der Waals surface area contributed by atoms with Gasteiger partial charge in [-0.1, -0.05) is 12.1 Å². The molecule has 0 spiro atoms. The standard InChI is InChI=1S/C20H16N2O3/c1-11-9-15(12(2)23)17-16(10-11)20(24)22(3)19(21-17)14-6-4-5-13-7-8-25-18(13)14/h4-10H,1-3H3. The van der Waals surface area contributed by atoms with Crippen LogP contribution < -0.4 is 5.56 Å². The van der Waals surface area contributed by atoms with Crippen molar-refractivity contribution in [1.29, 1.82) is 0 Å². The molecule has 5 nitrogen and oxygen atoms in total. The van der Waals surface area contributed by atoms with Crippen molar-refractivity contribution in [3.63, 3.8) is 0 Å². The highest BCUT2D eigenvalue weighted by atomic mass is 16.3. The normalized spacial score (nSPS) is 11.3. The van der Waals surface area contributed by atoms with E-state index in [0.29, 0.717) is 27.9 Å². The number of rotatable bonds is 2. The molecule has 0 bridgehead atoms. The maximum Gasteiger partial charge on any atom is 0.261 e. The predicted octanol–water partition coefficient (Wildman–Crippen LogP) is 3.86. The van der Waals surface area contributed by atoms with E-state index < -0.39 is 0 Å². The predicted molar refractivity (Wildman–Crippen MR) is 96.9 cm³/mol. The van der Waals surface area contributed by atoms with Gasteiger partial charge in [0.1, 0.15) is 11.4 Å². The van der Waals surface area contributed by atoms with Crippen LogP contribution in [0.25, 0.3) is 33.3 Å². The number of hydrogen-bond acceptors (Lipinski definition) is 4. The van der Waals surface area contributed by atoms with Crippen molar-refractivity contribution in [2.24, 2.45) is 7.05 Å². The van der Waals surface area contributed by atoms with Gasteiger partial charge in [-0.3, -0.25) is 14.2 Å². The molecule has 0 saturated carbocycles. The number of benzene rings is 2. The maximum absolute atomic E-state index is 12.9. The molecular formula is C20H16N2O3. The van der Waals surface area contributed by atoms with Gasteiger partial charge in [0.25, 0.3) is 5.56 Å². The number of aryl methyl sites for hydroxylation is 1. The number of carbonyl (C=O) groups excluding carboxylic acids is 1. The van der Waals surface area contributed by atoms with Crippen LogP contribution in [0.4, 0.5) is 0 Å². The lowest BCUT2D eigenvalue weighted by molar-refractivity contribution is 0.101. The molecule has 0 aliphatic heterocycles. The Labute approximate surface area is 143 Å². The van der Waals surface area contributed by atoms with Crippen LogP contribution in [0, 0.1) is 6.92 Å². The van der Waals surface area contributed by atoms with Crippen LogP contribution in [0.15, 0.2) is 51.9 Å². The molecule has 124 valence electrons. The molecule has 4 rings (SSSR count). The molecule has 2 aromatic carbocycles. The van der Waals surface area contributed by atoms with Gasteiger partial charge < -0.3 is 4.42 Å². The lowest BCUT2D eigenvalue weighted by Crippen LogP contribution is -2.21. The fraction of sp³-hybridized carbons (Fsp3) is 0.150. The Morgan fingerprint density at radius 2 is 2.00 bits per heavy atom. The third kappa shape index (κ3) is 2.28. The van der Waals surface area contributed by atoms with Crippen LogP contribution in [0.3, 0.4) is 0 Å². The summed E-state index contributed by atoms with van der Waals surface area (Å²) in [5.74, 6) is 0.362. The van der Waals surface area contributed by atoms with E-state index in [1.165, 1.54) is 11.5 Å². The summed E-state index contributed by atoms with van der Waals surface area (Å²) in [4.78, 5) is 29.6. The second kappa shape index (κ2) is 5.41. The van der Waals surface area contributed by atoms with Gasteiger partial charge in [-0.2, -0.15) is 0 Å². The van der Waals surface area contributed by atoms with E-state index in [2.05, 4.69) is 4.98 Å². The van der Waals surface area contributed by atoms with E-state index in [-0.39, 0.29) is 11.3 Å². The Bertz CT molecular complexity index is 1220. The summed E-state index contributed by atoms with van der Waals surface area (Å²) < 4.78 is 7.09. The van der Waals surface area contributed by atoms with Gasteiger partial charge in [-0.25, -0.2) is 4.98 Å². The zero-order chi connectivity index (χ0) is 17.7. The van der Waals surface area contributed by atoms with Crippen LogP contribution >= 0.6 is 0 Å². The number of furan rings is 1. The fourth-order valence-corrected chi connectivity index (χ4v) is 3.20. The molecule has 4 aromatic rings. The zero-order valence-corrected chi connectivity index (χ0v) is 14.2. The first kappa shape index (κ1) is 15.3. The molecular weight excluding hydrogens is 316 g/mol. The number of ketones is 1. The summed E-state index contributed by atoms with van der Waals surface area (Å²) in [6, 6.07) is 11.1. The average Bonchev–Trinajstić information content (AvgIpc) is 3.06. The Morgan fingerprint density at radius 3 is 2.76 bits per heavy atom. The van der Waals surface area contributed by atoms with Crippen LogP contribution in [0.2, 0.25) is 0 Å². The summed E-state index contributed by atoms with van der Waals surface area (Å²) in [7, 11) is 1.68. The van der Waals surface area contributed by atoms with Crippen LogP contribution in [0.1, 0.15) is 22.8 Å². The first-order valence-corrected chi connectivity index (χ1v) is 7.96. The van der Waals surface area contributed by atoms with Crippen molar-refractivity contribution < 1.29 is 9.21 Å². The average molecular weight is 332 g/mol. The second-order valence-electron chi connectivity index (χ2n) is 6.21. The molecule has 0 N–H and O–H groups in total. The molecule has 0 unspecified atom stereocenters. The van der Waals surface area contributed by atoms with Gasteiger partial charge in [0.05, 0.1) is 22.7 Å². The summed E-state index contributed by atoms with van der Waals surface area (Å²) in [6.45, 7) is 3.35. The van der Waals surface area contributed by atoms with E-state index >= 15 is 0 Å². The van der Waals surface area contributed by atoms with E-state index in [0.717, 1.165) is 16.5 Å². The Kier molecular flexibility index (Phi) is 3.32. The van der Waals surface area contributed by atoms with Gasteiger partial charge >= 0.3 is 0 Å². The Morgan fingerprint density at radius 1 is 1.20 bits per heavy atom. The van der Waals surface area contributed by atoms with Gasteiger partial charge in [-0.15, -0.1) is 0 Å². The van der Waals surface area contributed by atoms with Gasteiger partial charge in [0.15, 0.2) is 5.78 Å². The van der Waals surface area contributed by atoms with Crippen molar-refractivity contribution in [3.8, 4) is 11.4 Å². The molecule has 2 heterocycles. The SMILES string of the molecule is CC(=O)c1cc(C)cc2c(=O)n(C)c(-c3cccc4ccoc34)nc12. The topological polar surface area (TPSA) is 65.1 Å². The van der Waals surface area contributed by atoms with Crippen LogP contribution in [0.5, 0.6) is 0 Å². The molecule has 0 atom stereocenters. The Balaban J connectivity index is 2.16. The summed E-state index contributed by atoms with van der Waals surface area (Å²) in [5.41, 5.74) is 2.95. The quantitative estimate of drug-likeness (QED) is 0.523. The lowest BCUT2D eigenvalue weighted by Gasteiger charge is -2.12. The largest absolute Gasteiger partial charge is 0.464 e. The van der Waals surface area contributed by atoms with Gasteiger partial charge in [-0.05, 0) is 43.7 Å². The molecule has 0 fully saturated rings. The number of nitrogens with zero attached hydrogens (tertiary/aromatic N) is 2. The van der Waals surface area contributed by atoms with Crippen molar-refractivity contribution in [2.75, 3.05) is 0 Å². The van der Waals surface area contributed by atoms with E-state index in [4.69, 9.17) is 4.42 Å². The monoisotopic (exact) mass is 332 g/mol. The molecule has 0 aliphatic rings. The molecule has 5 heteroatoms. The zero-order valence-electron chi connectivity index (χ0n) is 14.2. The highest BCUT2D eigenvalue weighted by Gasteiger charge is 2.17. The van der Waals surface area contributed by atoms with E-state index in [1.807, 2.05) is 31.2 Å². The van der Waals surface area contributed by atoms with E-state index in [9.17, 15) is 9.59 Å². The minimum absolute atomic E-state index is 0.114. The summed E-state index contributed by atoms with van der Waals surface area (Å²) in [6.07, 6.45) is 1.61. The molecule has 0 aliphatic carbocycles. The third-order valence-electron chi connectivity index (χ3n) is 4.42. The number of fused-ring (bicyclic) bond motifs is 2. The number of aromatic nitrogens is 2. The third-order valence-corrected chi connectivity index (χ3v) is 4.42. The van der Waals surface area contributed by atoms with Crippen molar-refractivity contribution in [2.45, 2.75) is 13.8 Å². The van der Waals surface area contributed by atoms with Crippen LogP contribution in [-0.4, -0.2) is 15.3 Å². The number of carbonyl (C=O) groups is 1. The summed E-state index contributed by atoms with van der Waals surface area (Å²) >= 11 is 0. The first-order chi connectivity index (χ1) is 12.0. The minimum Gasteiger partial charge on any atom is -0.464 e. The lowest BCUT2D eigenvalue weighted by atomic mass is 10.0. The number of Topliss-reactive ketones (excluding diaryl/α,β-unsaturated/α-hetero) is 1. The van der Waals surface area contributed by atoms with E-state index in [1.54, 1.807) is 25.4 Å². The maximum atomic E-state index is 12.9. The molecule has 0 saturated heterocycles. The summed E-state index contributed by atoms with van der Waals surface area (Å²) in [5, 5.41) is 1.38. The van der Waals surface area contributed by atoms with Crippen molar-refractivity contribution in [1.82, 2.24) is 9.55 Å². The Hall–Kier alpha value is -3.21. The highest BCUT2D eigenvalue weighted by Crippen LogP contribution is 2.29. The number of hydrogen-bond donors (Lipinski definition) is 0. The minimum atomic E-state index is -0.185. The number of para-hydroxylation sites is 1. The highest BCUT2D eigenvalue weighted by molar-refractivity contribution is 6.06. The van der Waals surface area contributed by atoms with Crippen LogP contribution in [-0.2, 0) is 7.05 Å². The van der Waals surface area contributed by atoms with Crippen molar-refractivity contribution >= 4 is 27.7 Å². The molecule has 0 radical (unpaired) electrons. The molecule has 25 heavy (non-hydrogen) atoms. The molecule has 0 amide bonds. The first-order valence-electron chi connectivity index (χ1n) is 7.96. The fourth-order valence-electron chi connectivity index (χ4n) is 3.20. The molecule has 2 aromatic heterocycles. The second-order valence-corrected chi connectivity index (χ2v) is 6.21.